The molecular weight excluding hydrogens is 707 g/mol. The van der Waals surface area contributed by atoms with Gasteiger partial charge in [0, 0.05) is 16.9 Å². The van der Waals surface area contributed by atoms with Gasteiger partial charge in [-0.3, -0.25) is 0 Å². The van der Waals surface area contributed by atoms with E-state index in [4.69, 9.17) is 9.47 Å². The summed E-state index contributed by atoms with van der Waals surface area (Å²) in [4.78, 5) is 2.26. The lowest BCUT2D eigenvalue weighted by atomic mass is 9.70. The molecule has 0 N–H and O–H groups in total. The van der Waals surface area contributed by atoms with Gasteiger partial charge < -0.3 is 14.4 Å². The second-order valence-corrected chi connectivity index (χ2v) is 15.2. The summed E-state index contributed by atoms with van der Waals surface area (Å²) in [6.45, 7) is 0. The quantitative estimate of drug-likeness (QED) is 0.175. The monoisotopic (exact) mass is 741 g/mol. The van der Waals surface area contributed by atoms with Crippen molar-refractivity contribution in [3.63, 3.8) is 0 Å². The van der Waals surface area contributed by atoms with E-state index in [1.807, 2.05) is 6.07 Å². The fourth-order valence-corrected chi connectivity index (χ4v) is 9.71. The molecule has 0 amide bonds. The average molecular weight is 742 g/mol. The smallest absolute Gasteiger partial charge is 0.194 e. The molecule has 9 aromatic rings. The number of anilines is 3. The van der Waals surface area contributed by atoms with Gasteiger partial charge in [0.15, 0.2) is 23.0 Å². The highest BCUT2D eigenvalue weighted by molar-refractivity contribution is 5.98. The van der Waals surface area contributed by atoms with Crippen molar-refractivity contribution >= 4 is 17.1 Å². The Kier molecular flexibility index (Phi) is 7.14. The van der Waals surface area contributed by atoms with E-state index in [2.05, 4.69) is 211 Å². The molecule has 3 heteroatoms. The summed E-state index contributed by atoms with van der Waals surface area (Å²) < 4.78 is 14.2. The molecule has 1 aliphatic heterocycles. The zero-order valence-electron chi connectivity index (χ0n) is 31.5. The van der Waals surface area contributed by atoms with Crippen molar-refractivity contribution in [1.29, 1.82) is 0 Å². The van der Waals surface area contributed by atoms with Crippen LogP contribution in [0.5, 0.6) is 23.0 Å². The first-order chi connectivity index (χ1) is 28.8. The number of nitrogens with zero attached hydrogens (tertiary/aromatic N) is 1. The van der Waals surface area contributed by atoms with Crippen LogP contribution in [0.1, 0.15) is 22.3 Å². The Morgan fingerprint density at radius 2 is 0.828 bits per heavy atom. The Bertz CT molecular complexity index is 3020. The fraction of sp³-hybridized carbons (Fsp3) is 0.0182. The molecule has 58 heavy (non-hydrogen) atoms. The van der Waals surface area contributed by atoms with Crippen LogP contribution in [0.15, 0.2) is 212 Å². The molecule has 9 aromatic carbocycles. The topological polar surface area (TPSA) is 21.7 Å². The molecule has 0 bridgehead atoms. The van der Waals surface area contributed by atoms with Gasteiger partial charge in [-0.25, -0.2) is 0 Å². The van der Waals surface area contributed by atoms with Crippen molar-refractivity contribution in [2.45, 2.75) is 5.41 Å². The standard InChI is InChI=1S/C55H35NO2/c1-3-15-36(16-4-1)37-29-31-38(32-30-37)39-17-13-20-41(35-39)56(40-18-5-2-6-19-40)49-27-14-28-50-53(49)57-51-34-33-48-52(54(51)58-50)44-23-9-12-26-47(44)55(48)45-24-10-7-21-42(45)43-22-8-11-25-46(43)55/h1-35H. The molecule has 0 saturated carbocycles. The number of hydrogen-bond acceptors (Lipinski definition) is 3. The molecule has 1 spiro atoms. The lowest BCUT2D eigenvalue weighted by Gasteiger charge is -2.32. The minimum absolute atomic E-state index is 0.462. The Morgan fingerprint density at radius 1 is 0.328 bits per heavy atom. The van der Waals surface area contributed by atoms with E-state index >= 15 is 0 Å². The van der Waals surface area contributed by atoms with E-state index in [-0.39, 0.29) is 0 Å². The van der Waals surface area contributed by atoms with E-state index in [1.165, 1.54) is 50.1 Å². The maximum absolute atomic E-state index is 7.11. The number of para-hydroxylation sites is 2. The van der Waals surface area contributed by atoms with Crippen LogP contribution in [0.25, 0.3) is 44.5 Å². The summed E-state index contributed by atoms with van der Waals surface area (Å²) in [5.41, 5.74) is 17.0. The van der Waals surface area contributed by atoms with Crippen molar-refractivity contribution in [2.24, 2.45) is 0 Å². The third kappa shape index (κ3) is 4.68. The Labute approximate surface area is 337 Å². The molecule has 0 unspecified atom stereocenters. The Hall–Kier alpha value is -7.62. The zero-order chi connectivity index (χ0) is 38.2. The molecule has 0 atom stereocenters. The molecule has 0 aromatic heterocycles. The van der Waals surface area contributed by atoms with Gasteiger partial charge >= 0.3 is 0 Å². The van der Waals surface area contributed by atoms with Gasteiger partial charge in [-0.2, -0.15) is 0 Å². The predicted octanol–water partition coefficient (Wildman–Crippen LogP) is 14.7. The summed E-state index contributed by atoms with van der Waals surface area (Å²) in [7, 11) is 0. The van der Waals surface area contributed by atoms with Crippen molar-refractivity contribution in [3.8, 4) is 67.5 Å². The molecule has 0 radical (unpaired) electrons. The van der Waals surface area contributed by atoms with Crippen molar-refractivity contribution in [1.82, 2.24) is 0 Å². The second-order valence-electron chi connectivity index (χ2n) is 15.2. The van der Waals surface area contributed by atoms with Gasteiger partial charge in [0.2, 0.25) is 0 Å². The number of benzene rings is 9. The summed E-state index contributed by atoms with van der Waals surface area (Å²) in [5.74, 6) is 2.80. The third-order valence-electron chi connectivity index (χ3n) is 12.1. The predicted molar refractivity (Wildman–Crippen MR) is 235 cm³/mol. The van der Waals surface area contributed by atoms with Crippen LogP contribution >= 0.6 is 0 Å². The highest BCUT2D eigenvalue weighted by atomic mass is 16.6. The summed E-state index contributed by atoms with van der Waals surface area (Å²) >= 11 is 0. The van der Waals surface area contributed by atoms with E-state index < -0.39 is 5.41 Å². The van der Waals surface area contributed by atoms with Crippen molar-refractivity contribution in [2.75, 3.05) is 4.90 Å². The van der Waals surface area contributed by atoms with Gasteiger partial charge in [0.05, 0.1) is 11.1 Å². The number of fused-ring (bicyclic) bond motifs is 13. The van der Waals surface area contributed by atoms with Crippen LogP contribution in [-0.2, 0) is 5.41 Å². The van der Waals surface area contributed by atoms with Crippen LogP contribution in [0.4, 0.5) is 17.1 Å². The van der Waals surface area contributed by atoms with Crippen LogP contribution in [0, 0.1) is 0 Å². The minimum atomic E-state index is -0.462. The SMILES string of the molecule is c1ccc(-c2ccc(-c3cccc(N(c4ccccc4)c4cccc5c4Oc4ccc6c(c4O5)-c4ccccc4C64c5ccccc5-c5ccccc54)c3)cc2)cc1. The van der Waals surface area contributed by atoms with Gasteiger partial charge in [-0.05, 0) is 104 Å². The normalized spacial score (nSPS) is 13.2. The average Bonchev–Trinajstić information content (AvgIpc) is 3.77. The molecule has 2 aliphatic carbocycles. The summed E-state index contributed by atoms with van der Waals surface area (Å²) in [6.07, 6.45) is 0. The molecule has 12 rings (SSSR count). The largest absolute Gasteiger partial charge is 0.449 e. The first-order valence-electron chi connectivity index (χ1n) is 19.8. The van der Waals surface area contributed by atoms with Crippen LogP contribution in [0.3, 0.4) is 0 Å². The summed E-state index contributed by atoms with van der Waals surface area (Å²) in [6, 6.07) is 75.6. The second kappa shape index (κ2) is 12.7. The van der Waals surface area contributed by atoms with E-state index in [0.29, 0.717) is 17.2 Å². The van der Waals surface area contributed by atoms with Crippen LogP contribution in [0.2, 0.25) is 0 Å². The zero-order valence-corrected chi connectivity index (χ0v) is 31.5. The van der Waals surface area contributed by atoms with E-state index in [0.717, 1.165) is 39.5 Å². The molecule has 272 valence electrons. The third-order valence-corrected chi connectivity index (χ3v) is 12.1. The highest BCUT2D eigenvalue weighted by Crippen LogP contribution is 2.66. The first kappa shape index (κ1) is 32.6. The molecule has 3 aliphatic rings. The molecule has 0 fully saturated rings. The van der Waals surface area contributed by atoms with E-state index in [9.17, 15) is 0 Å². The molecule has 0 saturated heterocycles. The van der Waals surface area contributed by atoms with Crippen molar-refractivity contribution in [3.05, 3.63) is 235 Å². The lowest BCUT2D eigenvalue weighted by Crippen LogP contribution is -2.25. The molecule has 1 heterocycles. The highest BCUT2D eigenvalue weighted by Gasteiger charge is 2.53. The minimum Gasteiger partial charge on any atom is -0.449 e. The van der Waals surface area contributed by atoms with Gasteiger partial charge in [-0.1, -0.05) is 170 Å². The van der Waals surface area contributed by atoms with Crippen LogP contribution in [-0.4, -0.2) is 0 Å². The molecular formula is C55H35NO2. The van der Waals surface area contributed by atoms with Crippen molar-refractivity contribution < 1.29 is 9.47 Å². The molecule has 3 nitrogen and oxygen atoms in total. The maximum Gasteiger partial charge on any atom is 0.194 e. The van der Waals surface area contributed by atoms with Gasteiger partial charge in [-0.15, -0.1) is 0 Å². The number of ether oxygens (including phenoxy) is 2. The van der Waals surface area contributed by atoms with Gasteiger partial charge in [0.25, 0.3) is 0 Å². The lowest BCUT2D eigenvalue weighted by molar-refractivity contribution is 0.361. The Balaban J connectivity index is 0.981. The van der Waals surface area contributed by atoms with Crippen LogP contribution < -0.4 is 14.4 Å². The summed E-state index contributed by atoms with van der Waals surface area (Å²) in [5, 5.41) is 0. The van der Waals surface area contributed by atoms with Gasteiger partial charge in [0.1, 0.15) is 0 Å². The first-order valence-corrected chi connectivity index (χ1v) is 19.8. The maximum atomic E-state index is 7.11. The van der Waals surface area contributed by atoms with E-state index in [1.54, 1.807) is 0 Å². The number of hydrogen-bond donors (Lipinski definition) is 0. The fourth-order valence-electron chi connectivity index (χ4n) is 9.71. The Morgan fingerprint density at radius 3 is 1.53 bits per heavy atom. The number of rotatable bonds is 5.